The predicted octanol–water partition coefficient (Wildman–Crippen LogP) is 4.68. The summed E-state index contributed by atoms with van der Waals surface area (Å²) in [5.74, 6) is 1.08. The molecule has 0 spiro atoms. The standard InChI is InChI=1S/C20H23N3OS/c1-13-6-2-3-9-15(13)21-18(24)12-25-20-22-16-10-4-7-14-8-5-11-17(23-20)19(14)16/h4-5,7-8,10-11,13,15H,2-3,6,9,12H2,1H3,(H,21,24)(H,22,23)/t13-,15+/m0/s1. The normalized spacial score (nSPS) is 22.2. The van der Waals surface area contributed by atoms with Crippen molar-refractivity contribution in [2.75, 3.05) is 11.1 Å². The number of benzene rings is 2. The van der Waals surface area contributed by atoms with E-state index in [1.54, 1.807) is 0 Å². The van der Waals surface area contributed by atoms with Crippen LogP contribution in [0, 0.1) is 5.92 Å². The zero-order chi connectivity index (χ0) is 17.2. The van der Waals surface area contributed by atoms with Gasteiger partial charge in [0.2, 0.25) is 5.91 Å². The maximum Gasteiger partial charge on any atom is 0.230 e. The lowest BCUT2D eigenvalue weighted by Gasteiger charge is -2.29. The number of rotatable bonds is 3. The van der Waals surface area contributed by atoms with E-state index in [2.05, 4.69) is 40.7 Å². The second kappa shape index (κ2) is 7.08. The van der Waals surface area contributed by atoms with Gasteiger partial charge in [-0.15, -0.1) is 0 Å². The Bertz CT molecular complexity index is 828. The minimum absolute atomic E-state index is 0.102. The molecule has 1 aliphatic heterocycles. The van der Waals surface area contributed by atoms with Gasteiger partial charge in [0.25, 0.3) is 0 Å². The van der Waals surface area contributed by atoms with Crippen LogP contribution in [0.1, 0.15) is 32.6 Å². The molecule has 1 saturated carbocycles. The first-order chi connectivity index (χ1) is 12.2. The molecule has 4 rings (SSSR count). The maximum atomic E-state index is 12.3. The summed E-state index contributed by atoms with van der Waals surface area (Å²) in [6, 6.07) is 12.7. The van der Waals surface area contributed by atoms with Crippen LogP contribution in [0.15, 0.2) is 41.4 Å². The number of carbonyl (C=O) groups excluding carboxylic acids is 1. The predicted molar refractivity (Wildman–Crippen MR) is 107 cm³/mol. The van der Waals surface area contributed by atoms with Gasteiger partial charge >= 0.3 is 0 Å². The SMILES string of the molecule is C[C@H]1CCCC[C@H]1NC(=O)CSC1=Nc2cccc3cccc(c23)N1. The molecular weight excluding hydrogens is 330 g/mol. The van der Waals surface area contributed by atoms with E-state index in [0.717, 1.165) is 28.3 Å². The van der Waals surface area contributed by atoms with E-state index in [1.165, 1.54) is 36.4 Å². The van der Waals surface area contributed by atoms with Crippen LogP contribution in [-0.2, 0) is 4.79 Å². The summed E-state index contributed by atoms with van der Waals surface area (Å²) in [5.41, 5.74) is 2.03. The van der Waals surface area contributed by atoms with Gasteiger partial charge in [-0.3, -0.25) is 4.79 Å². The molecule has 0 aromatic heterocycles. The molecule has 0 radical (unpaired) electrons. The Kier molecular flexibility index (Phi) is 4.66. The Hall–Kier alpha value is -2.01. The lowest BCUT2D eigenvalue weighted by Crippen LogP contribution is -2.42. The Balaban J connectivity index is 1.41. The lowest BCUT2D eigenvalue weighted by atomic mass is 9.86. The highest BCUT2D eigenvalue weighted by atomic mass is 32.2. The summed E-state index contributed by atoms with van der Waals surface area (Å²) in [5, 5.41) is 9.68. The third-order valence-corrected chi connectivity index (χ3v) is 6.02. The van der Waals surface area contributed by atoms with Crippen molar-refractivity contribution in [1.82, 2.24) is 5.32 Å². The molecule has 1 amide bonds. The average Bonchev–Trinajstić information content (AvgIpc) is 2.62. The minimum atomic E-state index is 0.102. The Morgan fingerprint density at radius 2 is 2.04 bits per heavy atom. The molecule has 2 aromatic rings. The smallest absolute Gasteiger partial charge is 0.230 e. The maximum absolute atomic E-state index is 12.3. The fourth-order valence-electron chi connectivity index (χ4n) is 3.75. The quantitative estimate of drug-likeness (QED) is 0.842. The third kappa shape index (κ3) is 3.52. The minimum Gasteiger partial charge on any atom is -0.352 e. The molecule has 2 atom stereocenters. The van der Waals surface area contributed by atoms with Gasteiger partial charge in [0, 0.05) is 11.4 Å². The van der Waals surface area contributed by atoms with Gasteiger partial charge in [-0.05, 0) is 36.3 Å². The number of carbonyl (C=O) groups is 1. The van der Waals surface area contributed by atoms with Crippen LogP contribution < -0.4 is 10.6 Å². The summed E-state index contributed by atoms with van der Waals surface area (Å²) >= 11 is 1.47. The van der Waals surface area contributed by atoms with Crippen LogP contribution in [0.3, 0.4) is 0 Å². The number of aliphatic imine (C=N–C) groups is 1. The average molecular weight is 353 g/mol. The first-order valence-electron chi connectivity index (χ1n) is 9.00. The highest BCUT2D eigenvalue weighted by Gasteiger charge is 2.23. The van der Waals surface area contributed by atoms with Crippen molar-refractivity contribution in [2.45, 2.75) is 38.6 Å². The van der Waals surface area contributed by atoms with Crippen molar-refractivity contribution < 1.29 is 4.79 Å². The molecule has 1 aliphatic carbocycles. The molecule has 5 heteroatoms. The van der Waals surface area contributed by atoms with Crippen LogP contribution in [-0.4, -0.2) is 22.9 Å². The molecule has 1 fully saturated rings. The van der Waals surface area contributed by atoms with Crippen molar-refractivity contribution in [3.8, 4) is 0 Å². The number of anilines is 1. The van der Waals surface area contributed by atoms with Gasteiger partial charge in [0.15, 0.2) is 5.17 Å². The van der Waals surface area contributed by atoms with E-state index in [-0.39, 0.29) is 5.91 Å². The Morgan fingerprint density at radius 1 is 1.24 bits per heavy atom. The second-order valence-corrected chi connectivity index (χ2v) is 7.91. The summed E-state index contributed by atoms with van der Waals surface area (Å²) < 4.78 is 0. The molecule has 0 saturated heterocycles. The van der Waals surface area contributed by atoms with Crippen molar-refractivity contribution >= 4 is 45.0 Å². The molecule has 130 valence electrons. The number of hydrogen-bond donors (Lipinski definition) is 2. The first-order valence-corrected chi connectivity index (χ1v) is 9.99. The molecule has 2 aliphatic rings. The number of nitrogens with zero attached hydrogens (tertiary/aromatic N) is 1. The van der Waals surface area contributed by atoms with Crippen molar-refractivity contribution in [2.24, 2.45) is 10.9 Å². The number of thioether (sulfide) groups is 1. The lowest BCUT2D eigenvalue weighted by molar-refractivity contribution is -0.119. The number of amidine groups is 1. The number of amides is 1. The molecule has 1 heterocycles. The fourth-order valence-corrected chi connectivity index (χ4v) is 4.45. The van der Waals surface area contributed by atoms with E-state index < -0.39 is 0 Å². The van der Waals surface area contributed by atoms with Gasteiger partial charge < -0.3 is 10.6 Å². The van der Waals surface area contributed by atoms with E-state index in [1.807, 2.05) is 18.2 Å². The molecule has 2 N–H and O–H groups in total. The fraction of sp³-hybridized carbons (Fsp3) is 0.400. The molecule has 0 bridgehead atoms. The zero-order valence-electron chi connectivity index (χ0n) is 14.4. The van der Waals surface area contributed by atoms with Gasteiger partial charge in [-0.25, -0.2) is 4.99 Å². The first kappa shape index (κ1) is 16.5. The van der Waals surface area contributed by atoms with Crippen LogP contribution in [0.4, 0.5) is 11.4 Å². The molecular formula is C20H23N3OS. The van der Waals surface area contributed by atoms with Crippen molar-refractivity contribution in [1.29, 1.82) is 0 Å². The highest BCUT2D eigenvalue weighted by molar-refractivity contribution is 8.14. The molecule has 0 unspecified atom stereocenters. The van der Waals surface area contributed by atoms with Crippen LogP contribution in [0.2, 0.25) is 0 Å². The Labute approximate surface area is 152 Å². The zero-order valence-corrected chi connectivity index (χ0v) is 15.2. The number of hydrogen-bond acceptors (Lipinski definition) is 4. The van der Waals surface area contributed by atoms with Crippen LogP contribution in [0.5, 0.6) is 0 Å². The highest BCUT2D eigenvalue weighted by Crippen LogP contribution is 2.36. The topological polar surface area (TPSA) is 53.5 Å². The molecule has 25 heavy (non-hydrogen) atoms. The van der Waals surface area contributed by atoms with E-state index in [9.17, 15) is 4.79 Å². The van der Waals surface area contributed by atoms with Gasteiger partial charge in [-0.1, -0.05) is 55.8 Å². The molecule has 2 aromatic carbocycles. The van der Waals surface area contributed by atoms with Crippen molar-refractivity contribution in [3.63, 3.8) is 0 Å². The summed E-state index contributed by atoms with van der Waals surface area (Å²) in [7, 11) is 0. The van der Waals surface area contributed by atoms with E-state index >= 15 is 0 Å². The second-order valence-electron chi connectivity index (χ2n) is 6.95. The summed E-state index contributed by atoms with van der Waals surface area (Å²) in [6.07, 6.45) is 4.82. The van der Waals surface area contributed by atoms with Gasteiger partial charge in [0.1, 0.15) is 0 Å². The monoisotopic (exact) mass is 353 g/mol. The van der Waals surface area contributed by atoms with Gasteiger partial charge in [0.05, 0.1) is 17.1 Å². The molecule has 4 nitrogen and oxygen atoms in total. The largest absolute Gasteiger partial charge is 0.352 e. The van der Waals surface area contributed by atoms with Crippen LogP contribution >= 0.6 is 11.8 Å². The van der Waals surface area contributed by atoms with Gasteiger partial charge in [-0.2, -0.15) is 0 Å². The summed E-state index contributed by atoms with van der Waals surface area (Å²) in [4.78, 5) is 17.0. The van der Waals surface area contributed by atoms with E-state index in [0.29, 0.717) is 17.7 Å². The number of nitrogens with one attached hydrogen (secondary N) is 2. The van der Waals surface area contributed by atoms with E-state index in [4.69, 9.17) is 0 Å². The third-order valence-electron chi connectivity index (χ3n) is 5.14. The van der Waals surface area contributed by atoms with Crippen molar-refractivity contribution in [3.05, 3.63) is 36.4 Å². The van der Waals surface area contributed by atoms with Crippen LogP contribution in [0.25, 0.3) is 10.8 Å². The summed E-state index contributed by atoms with van der Waals surface area (Å²) in [6.45, 7) is 2.24. The Morgan fingerprint density at radius 3 is 2.88 bits per heavy atom.